The van der Waals surface area contributed by atoms with Crippen LogP contribution in [0.5, 0.6) is 17.2 Å². The topological polar surface area (TPSA) is 93.0 Å². The monoisotopic (exact) mass is 492 g/mol. The lowest BCUT2D eigenvalue weighted by Gasteiger charge is -2.22. The number of phenolic OH excluding ortho intramolecular Hbond substituents is 3. The van der Waals surface area contributed by atoms with Crippen LogP contribution in [0, 0.1) is 0 Å². The Balaban J connectivity index is 0.00000222. The van der Waals surface area contributed by atoms with Gasteiger partial charge in [0.1, 0.15) is 22.9 Å². The second-order valence-corrected chi connectivity index (χ2v) is 9.06. The van der Waals surface area contributed by atoms with Gasteiger partial charge in [-0.05, 0) is 65.5 Å². The van der Waals surface area contributed by atoms with Gasteiger partial charge in [0, 0.05) is 18.7 Å². The standard InChI is InChI=1S/C28H34N2O4.C2H6/c1-18(2)8-5-9-19(3)10-6-11-20(4)14-15-30-23-16-21(31)17-25(33)27(23)29-26-22(28(30)34)12-7-13-24(26)32;1-2/h7-8,10,12-14,16-17,29,31-33H,5-6,9,11,15H2,1-4H3;1-2H3/b19-10+,20-14+;. The zero-order chi connectivity index (χ0) is 26.8. The van der Waals surface area contributed by atoms with E-state index in [0.29, 0.717) is 5.69 Å². The van der Waals surface area contributed by atoms with Gasteiger partial charge in [-0.3, -0.25) is 4.79 Å². The molecule has 2 aromatic rings. The number of nitrogens with one attached hydrogen (secondary N) is 1. The van der Waals surface area contributed by atoms with Crippen molar-refractivity contribution in [3.63, 3.8) is 0 Å². The molecule has 0 atom stereocenters. The number of hydrogen-bond acceptors (Lipinski definition) is 5. The normalized spacial score (nSPS) is 13.1. The molecule has 0 radical (unpaired) electrons. The van der Waals surface area contributed by atoms with Crippen molar-refractivity contribution in [2.24, 2.45) is 0 Å². The van der Waals surface area contributed by atoms with Crippen molar-refractivity contribution < 1.29 is 20.1 Å². The van der Waals surface area contributed by atoms with Crippen LogP contribution in [0.1, 0.15) is 77.6 Å². The van der Waals surface area contributed by atoms with E-state index in [1.807, 2.05) is 26.8 Å². The molecule has 3 rings (SSSR count). The Morgan fingerprint density at radius 1 is 0.861 bits per heavy atom. The number of fused-ring (bicyclic) bond motifs is 2. The van der Waals surface area contributed by atoms with Gasteiger partial charge in [0.25, 0.3) is 5.91 Å². The molecule has 0 unspecified atom stereocenters. The lowest BCUT2D eigenvalue weighted by atomic mass is 10.1. The Kier molecular flexibility index (Phi) is 10.7. The van der Waals surface area contributed by atoms with Gasteiger partial charge >= 0.3 is 0 Å². The summed E-state index contributed by atoms with van der Waals surface area (Å²) in [4.78, 5) is 14.9. The van der Waals surface area contributed by atoms with E-state index in [-0.39, 0.29) is 46.6 Å². The van der Waals surface area contributed by atoms with Gasteiger partial charge in [-0.1, -0.05) is 54.9 Å². The van der Waals surface area contributed by atoms with Gasteiger partial charge in [-0.25, -0.2) is 0 Å². The third kappa shape index (κ3) is 7.41. The molecular weight excluding hydrogens is 452 g/mol. The quantitative estimate of drug-likeness (QED) is 0.170. The maximum Gasteiger partial charge on any atom is 0.260 e. The average Bonchev–Trinajstić information content (AvgIpc) is 2.94. The number of anilines is 3. The molecule has 6 nitrogen and oxygen atoms in total. The molecule has 2 aromatic carbocycles. The number of carbonyl (C=O) groups excluding carboxylic acids is 1. The van der Waals surface area contributed by atoms with Gasteiger partial charge in [0.05, 0.1) is 16.9 Å². The van der Waals surface area contributed by atoms with Crippen LogP contribution in [-0.2, 0) is 0 Å². The number of aromatic hydroxyl groups is 3. The molecule has 0 fully saturated rings. The molecular formula is C30H40N2O4. The second kappa shape index (κ2) is 13.4. The molecule has 6 heteroatoms. The highest BCUT2D eigenvalue weighted by atomic mass is 16.3. The van der Waals surface area contributed by atoms with Crippen LogP contribution in [0.4, 0.5) is 17.1 Å². The number of amides is 1. The lowest BCUT2D eigenvalue weighted by molar-refractivity contribution is 0.0991. The van der Waals surface area contributed by atoms with E-state index in [9.17, 15) is 20.1 Å². The van der Waals surface area contributed by atoms with E-state index in [1.165, 1.54) is 34.2 Å². The summed E-state index contributed by atoms with van der Waals surface area (Å²) in [5, 5.41) is 33.8. The number of rotatable bonds is 8. The molecule has 0 aromatic heterocycles. The third-order valence-electron chi connectivity index (χ3n) is 5.89. The Bertz CT molecular complexity index is 1160. The largest absolute Gasteiger partial charge is 0.508 e. The van der Waals surface area contributed by atoms with Crippen LogP contribution in [0.3, 0.4) is 0 Å². The van der Waals surface area contributed by atoms with E-state index in [0.717, 1.165) is 31.3 Å². The average molecular weight is 493 g/mol. The molecule has 1 aliphatic heterocycles. The van der Waals surface area contributed by atoms with Crippen LogP contribution in [0.2, 0.25) is 0 Å². The van der Waals surface area contributed by atoms with Crippen LogP contribution in [0.15, 0.2) is 65.3 Å². The van der Waals surface area contributed by atoms with Crippen molar-refractivity contribution in [2.75, 3.05) is 16.8 Å². The number of para-hydroxylation sites is 1. The van der Waals surface area contributed by atoms with Crippen LogP contribution < -0.4 is 10.2 Å². The number of phenols is 3. The first-order valence-corrected chi connectivity index (χ1v) is 12.6. The van der Waals surface area contributed by atoms with E-state index in [4.69, 9.17) is 0 Å². The zero-order valence-corrected chi connectivity index (χ0v) is 22.4. The summed E-state index contributed by atoms with van der Waals surface area (Å²) >= 11 is 0. The molecule has 1 amide bonds. The molecule has 4 N–H and O–H groups in total. The Hall–Kier alpha value is -3.67. The molecule has 0 aliphatic carbocycles. The lowest BCUT2D eigenvalue weighted by Crippen LogP contribution is -2.30. The van der Waals surface area contributed by atoms with E-state index in [2.05, 4.69) is 38.2 Å². The van der Waals surface area contributed by atoms with Crippen molar-refractivity contribution >= 4 is 23.0 Å². The highest BCUT2D eigenvalue weighted by Crippen LogP contribution is 2.45. The Morgan fingerprint density at radius 3 is 2.17 bits per heavy atom. The fourth-order valence-corrected chi connectivity index (χ4v) is 3.94. The van der Waals surface area contributed by atoms with Crippen LogP contribution in [-0.4, -0.2) is 27.8 Å². The van der Waals surface area contributed by atoms with Gasteiger partial charge in [0.2, 0.25) is 0 Å². The smallest absolute Gasteiger partial charge is 0.260 e. The van der Waals surface area contributed by atoms with Gasteiger partial charge in [-0.15, -0.1) is 0 Å². The van der Waals surface area contributed by atoms with Crippen molar-refractivity contribution in [3.05, 3.63) is 70.8 Å². The second-order valence-electron chi connectivity index (χ2n) is 9.06. The maximum absolute atomic E-state index is 13.4. The van der Waals surface area contributed by atoms with Gasteiger partial charge < -0.3 is 25.5 Å². The number of allylic oxidation sites excluding steroid dienone is 5. The van der Waals surface area contributed by atoms with E-state index in [1.54, 1.807) is 12.1 Å². The SMILES string of the molecule is CC.CC(C)=CCC/C(C)=C/CC/C(C)=C/CN1C(=O)c2cccc(O)c2Nc2c(O)cc(O)cc21. The summed E-state index contributed by atoms with van der Waals surface area (Å²) < 4.78 is 0. The minimum Gasteiger partial charge on any atom is -0.508 e. The molecule has 1 heterocycles. The maximum atomic E-state index is 13.4. The summed E-state index contributed by atoms with van der Waals surface area (Å²) in [6.45, 7) is 12.7. The van der Waals surface area contributed by atoms with Crippen molar-refractivity contribution in [1.82, 2.24) is 0 Å². The predicted octanol–water partition coefficient (Wildman–Crippen LogP) is 7.95. The molecule has 0 saturated carbocycles. The summed E-state index contributed by atoms with van der Waals surface area (Å²) in [5.41, 5.74) is 4.97. The third-order valence-corrected chi connectivity index (χ3v) is 5.89. The first-order chi connectivity index (χ1) is 17.2. The number of nitrogens with zero attached hydrogens (tertiary/aromatic N) is 1. The number of benzene rings is 2. The summed E-state index contributed by atoms with van der Waals surface area (Å²) in [7, 11) is 0. The first-order valence-electron chi connectivity index (χ1n) is 12.6. The molecule has 0 spiro atoms. The highest BCUT2D eigenvalue weighted by molar-refractivity contribution is 6.15. The van der Waals surface area contributed by atoms with E-state index < -0.39 is 0 Å². The van der Waals surface area contributed by atoms with Crippen molar-refractivity contribution in [1.29, 1.82) is 0 Å². The number of hydrogen-bond donors (Lipinski definition) is 4. The molecule has 36 heavy (non-hydrogen) atoms. The van der Waals surface area contributed by atoms with Gasteiger partial charge in [-0.2, -0.15) is 0 Å². The highest BCUT2D eigenvalue weighted by Gasteiger charge is 2.29. The summed E-state index contributed by atoms with van der Waals surface area (Å²) in [6.07, 6.45) is 10.4. The van der Waals surface area contributed by atoms with Crippen LogP contribution in [0.25, 0.3) is 0 Å². The van der Waals surface area contributed by atoms with Gasteiger partial charge in [0.15, 0.2) is 0 Å². The van der Waals surface area contributed by atoms with Crippen LogP contribution >= 0.6 is 0 Å². The van der Waals surface area contributed by atoms with Crippen molar-refractivity contribution in [2.45, 2.75) is 67.2 Å². The first kappa shape index (κ1) is 28.6. The van der Waals surface area contributed by atoms with E-state index >= 15 is 0 Å². The zero-order valence-electron chi connectivity index (χ0n) is 22.4. The fourth-order valence-electron chi connectivity index (χ4n) is 3.94. The molecule has 1 aliphatic rings. The minimum absolute atomic E-state index is 0.0930. The summed E-state index contributed by atoms with van der Waals surface area (Å²) in [6, 6.07) is 7.34. The van der Waals surface area contributed by atoms with Crippen molar-refractivity contribution in [3.8, 4) is 17.2 Å². The number of carbonyl (C=O) groups is 1. The molecule has 194 valence electrons. The molecule has 0 bridgehead atoms. The predicted molar refractivity (Wildman–Crippen MR) is 150 cm³/mol. The Labute approximate surface area is 215 Å². The fraction of sp³-hybridized carbons (Fsp3) is 0.367. The Morgan fingerprint density at radius 2 is 1.50 bits per heavy atom. The molecule has 0 saturated heterocycles. The minimum atomic E-state index is -0.332. The summed E-state index contributed by atoms with van der Waals surface area (Å²) in [5.74, 6) is -0.787.